The SMILES string of the molecule is O=S1(=O)c2ccccc2Nc2c1ccc1ccccc21. The van der Waals surface area contributed by atoms with Crippen molar-refractivity contribution in [1.29, 1.82) is 0 Å². The van der Waals surface area contributed by atoms with Crippen LogP contribution in [0.25, 0.3) is 10.8 Å². The molecule has 1 heterocycles. The van der Waals surface area contributed by atoms with Crippen molar-refractivity contribution in [3.05, 3.63) is 60.7 Å². The molecule has 0 radical (unpaired) electrons. The highest BCUT2D eigenvalue weighted by atomic mass is 32.2. The summed E-state index contributed by atoms with van der Waals surface area (Å²) in [5.41, 5.74) is 1.30. The molecule has 0 saturated carbocycles. The van der Waals surface area contributed by atoms with Gasteiger partial charge in [-0.3, -0.25) is 0 Å². The predicted molar refractivity (Wildman–Crippen MR) is 79.1 cm³/mol. The molecular formula is C16H11NO2S. The fraction of sp³-hybridized carbons (Fsp3) is 0. The highest BCUT2D eigenvalue weighted by molar-refractivity contribution is 7.92. The van der Waals surface area contributed by atoms with Crippen LogP contribution in [0.2, 0.25) is 0 Å². The van der Waals surface area contributed by atoms with Gasteiger partial charge in [0.25, 0.3) is 0 Å². The molecule has 0 atom stereocenters. The Morgan fingerprint density at radius 3 is 2.40 bits per heavy atom. The topological polar surface area (TPSA) is 46.2 Å². The molecule has 0 saturated heterocycles. The van der Waals surface area contributed by atoms with E-state index < -0.39 is 9.84 Å². The smallest absolute Gasteiger partial charge is 0.210 e. The molecule has 0 unspecified atom stereocenters. The number of para-hydroxylation sites is 1. The maximum absolute atomic E-state index is 12.7. The van der Waals surface area contributed by atoms with Crippen LogP contribution in [-0.4, -0.2) is 8.42 Å². The number of sulfone groups is 1. The summed E-state index contributed by atoms with van der Waals surface area (Å²) in [6, 6.07) is 18.3. The summed E-state index contributed by atoms with van der Waals surface area (Å²) in [5.74, 6) is 0. The Morgan fingerprint density at radius 1 is 0.750 bits per heavy atom. The highest BCUT2D eigenvalue weighted by Gasteiger charge is 2.29. The average Bonchev–Trinajstić information content (AvgIpc) is 2.47. The summed E-state index contributed by atoms with van der Waals surface area (Å²) >= 11 is 0. The van der Waals surface area contributed by atoms with E-state index in [0.29, 0.717) is 21.2 Å². The molecule has 1 aliphatic heterocycles. The molecule has 3 nitrogen and oxygen atoms in total. The number of fused-ring (bicyclic) bond motifs is 4. The Balaban J connectivity index is 2.14. The molecule has 98 valence electrons. The largest absolute Gasteiger partial charge is 0.353 e. The molecule has 3 aromatic carbocycles. The summed E-state index contributed by atoms with van der Waals surface area (Å²) in [4.78, 5) is 0.678. The molecule has 3 aromatic rings. The van der Waals surface area contributed by atoms with Crippen LogP contribution in [0.4, 0.5) is 11.4 Å². The van der Waals surface area contributed by atoms with Gasteiger partial charge in [0.15, 0.2) is 0 Å². The minimum atomic E-state index is -3.46. The molecule has 1 N–H and O–H groups in total. The van der Waals surface area contributed by atoms with Gasteiger partial charge in [0.2, 0.25) is 9.84 Å². The molecule has 20 heavy (non-hydrogen) atoms. The van der Waals surface area contributed by atoms with Crippen LogP contribution in [0.1, 0.15) is 0 Å². The molecule has 0 amide bonds. The summed E-state index contributed by atoms with van der Waals surface area (Å²) < 4.78 is 25.4. The summed E-state index contributed by atoms with van der Waals surface area (Å²) in [6.07, 6.45) is 0. The van der Waals surface area contributed by atoms with Crippen LogP contribution < -0.4 is 5.32 Å². The van der Waals surface area contributed by atoms with Crippen molar-refractivity contribution in [2.24, 2.45) is 0 Å². The van der Waals surface area contributed by atoms with Crippen LogP contribution in [-0.2, 0) is 9.84 Å². The zero-order chi connectivity index (χ0) is 13.7. The fourth-order valence-corrected chi connectivity index (χ4v) is 4.24. The van der Waals surface area contributed by atoms with Gasteiger partial charge in [-0.2, -0.15) is 0 Å². The van der Waals surface area contributed by atoms with Crippen LogP contribution in [0.3, 0.4) is 0 Å². The molecular weight excluding hydrogens is 270 g/mol. The predicted octanol–water partition coefficient (Wildman–Crippen LogP) is 3.73. The van der Waals surface area contributed by atoms with Gasteiger partial charge in [-0.05, 0) is 23.6 Å². The lowest BCUT2D eigenvalue weighted by Crippen LogP contribution is -2.13. The first-order valence-corrected chi connectivity index (χ1v) is 7.79. The van der Waals surface area contributed by atoms with E-state index in [4.69, 9.17) is 0 Å². The van der Waals surface area contributed by atoms with E-state index in [2.05, 4.69) is 5.32 Å². The van der Waals surface area contributed by atoms with E-state index >= 15 is 0 Å². The van der Waals surface area contributed by atoms with Crippen molar-refractivity contribution in [1.82, 2.24) is 0 Å². The molecule has 4 rings (SSSR count). The first kappa shape index (κ1) is 11.5. The molecule has 0 bridgehead atoms. The quantitative estimate of drug-likeness (QED) is 0.534. The maximum atomic E-state index is 12.7. The van der Waals surface area contributed by atoms with Crippen LogP contribution >= 0.6 is 0 Å². The van der Waals surface area contributed by atoms with Crippen LogP contribution in [0.5, 0.6) is 0 Å². The van der Waals surface area contributed by atoms with E-state index in [1.165, 1.54) is 0 Å². The molecule has 0 spiro atoms. The minimum Gasteiger partial charge on any atom is -0.353 e. The minimum absolute atomic E-state index is 0.336. The van der Waals surface area contributed by atoms with Gasteiger partial charge < -0.3 is 5.32 Å². The Kier molecular flexibility index (Phi) is 2.20. The second-order valence-corrected chi connectivity index (χ2v) is 6.67. The van der Waals surface area contributed by atoms with E-state index in [1.54, 1.807) is 24.3 Å². The molecule has 0 fully saturated rings. The second kappa shape index (κ2) is 3.84. The van der Waals surface area contributed by atoms with Gasteiger partial charge in [0, 0.05) is 5.39 Å². The number of nitrogens with one attached hydrogen (secondary N) is 1. The lowest BCUT2D eigenvalue weighted by molar-refractivity contribution is 0.596. The van der Waals surface area contributed by atoms with Gasteiger partial charge in [0.05, 0.1) is 21.2 Å². The van der Waals surface area contributed by atoms with E-state index in [-0.39, 0.29) is 0 Å². The first-order valence-electron chi connectivity index (χ1n) is 6.31. The molecule has 0 aliphatic carbocycles. The second-order valence-electron chi connectivity index (χ2n) is 4.78. The van der Waals surface area contributed by atoms with Crippen molar-refractivity contribution in [3.63, 3.8) is 0 Å². The fourth-order valence-electron chi connectivity index (χ4n) is 2.66. The normalized spacial score (nSPS) is 15.2. The Hall–Kier alpha value is -2.33. The lowest BCUT2D eigenvalue weighted by atomic mass is 10.1. The zero-order valence-electron chi connectivity index (χ0n) is 10.5. The molecule has 4 heteroatoms. The van der Waals surface area contributed by atoms with E-state index in [1.807, 2.05) is 36.4 Å². The summed E-state index contributed by atoms with van der Waals surface area (Å²) in [7, 11) is -3.46. The van der Waals surface area contributed by atoms with Gasteiger partial charge in [-0.1, -0.05) is 42.5 Å². The van der Waals surface area contributed by atoms with Crippen molar-refractivity contribution in [2.75, 3.05) is 5.32 Å². The average molecular weight is 281 g/mol. The van der Waals surface area contributed by atoms with Crippen molar-refractivity contribution < 1.29 is 8.42 Å². The maximum Gasteiger partial charge on any atom is 0.210 e. The van der Waals surface area contributed by atoms with Crippen molar-refractivity contribution >= 4 is 32.0 Å². The standard InChI is InChI=1S/C16H11NO2S/c18-20(19)14-8-4-3-7-13(14)17-16-12-6-2-1-5-11(12)9-10-15(16)20/h1-10,17H. The van der Waals surface area contributed by atoms with Crippen molar-refractivity contribution in [2.45, 2.75) is 9.79 Å². The number of anilines is 2. The molecule has 1 aliphatic rings. The Labute approximate surface area is 116 Å². The van der Waals surface area contributed by atoms with Gasteiger partial charge in [-0.15, -0.1) is 0 Å². The molecule has 0 aromatic heterocycles. The van der Waals surface area contributed by atoms with Crippen LogP contribution in [0, 0.1) is 0 Å². The highest BCUT2D eigenvalue weighted by Crippen LogP contribution is 2.42. The third-order valence-electron chi connectivity index (χ3n) is 3.62. The first-order chi connectivity index (χ1) is 9.68. The lowest BCUT2D eigenvalue weighted by Gasteiger charge is -2.22. The monoisotopic (exact) mass is 281 g/mol. The Bertz CT molecular complexity index is 946. The number of hydrogen-bond acceptors (Lipinski definition) is 3. The van der Waals surface area contributed by atoms with E-state index in [0.717, 1.165) is 10.8 Å². The van der Waals surface area contributed by atoms with Gasteiger partial charge in [-0.25, -0.2) is 8.42 Å². The zero-order valence-corrected chi connectivity index (χ0v) is 11.3. The van der Waals surface area contributed by atoms with Crippen molar-refractivity contribution in [3.8, 4) is 0 Å². The third kappa shape index (κ3) is 1.42. The van der Waals surface area contributed by atoms with Gasteiger partial charge >= 0.3 is 0 Å². The third-order valence-corrected chi connectivity index (χ3v) is 5.47. The Morgan fingerprint density at radius 2 is 1.50 bits per heavy atom. The van der Waals surface area contributed by atoms with E-state index in [9.17, 15) is 8.42 Å². The number of hydrogen-bond donors (Lipinski definition) is 1. The summed E-state index contributed by atoms with van der Waals surface area (Å²) in [6.45, 7) is 0. The summed E-state index contributed by atoms with van der Waals surface area (Å²) in [5, 5.41) is 5.20. The number of rotatable bonds is 0. The number of benzene rings is 3. The van der Waals surface area contributed by atoms with Crippen LogP contribution in [0.15, 0.2) is 70.5 Å². The van der Waals surface area contributed by atoms with Gasteiger partial charge in [0.1, 0.15) is 0 Å².